The number of methoxy groups -OCH3 is 1. The number of hydrogen-bond acceptors (Lipinski definition) is 4. The molecule has 1 heterocycles. The van der Waals surface area contributed by atoms with E-state index in [2.05, 4.69) is 16.8 Å². The van der Waals surface area contributed by atoms with E-state index in [0.29, 0.717) is 6.61 Å². The number of rotatable bonds is 6. The van der Waals surface area contributed by atoms with Gasteiger partial charge in [-0.3, -0.25) is 0 Å². The van der Waals surface area contributed by atoms with Crippen LogP contribution in [0, 0.1) is 0 Å². The van der Waals surface area contributed by atoms with Crippen LogP contribution in [-0.2, 0) is 6.42 Å². The topological polar surface area (TPSA) is 44.5 Å². The second-order valence-corrected chi connectivity index (χ2v) is 5.20. The van der Waals surface area contributed by atoms with Crippen LogP contribution in [0.3, 0.4) is 0 Å². The van der Waals surface area contributed by atoms with Crippen LogP contribution in [0.5, 0.6) is 11.5 Å². The Kier molecular flexibility index (Phi) is 4.82. The lowest BCUT2D eigenvalue weighted by atomic mass is 10.1. The predicted octanol–water partition coefficient (Wildman–Crippen LogP) is 3.40. The average molecular weight is 277 g/mol. The molecule has 1 atom stereocenters. The van der Waals surface area contributed by atoms with Crippen molar-refractivity contribution in [3.8, 4) is 11.5 Å². The van der Waals surface area contributed by atoms with Gasteiger partial charge >= 0.3 is 0 Å². The van der Waals surface area contributed by atoms with Gasteiger partial charge in [0.05, 0.1) is 13.7 Å². The quantitative estimate of drug-likeness (QED) is 0.880. The molecular weight excluding hydrogens is 258 g/mol. The van der Waals surface area contributed by atoms with Crippen molar-refractivity contribution in [2.45, 2.75) is 19.4 Å². The Bertz CT molecular complexity index is 509. The van der Waals surface area contributed by atoms with Crippen LogP contribution in [0.15, 0.2) is 35.0 Å². The first kappa shape index (κ1) is 13.9. The van der Waals surface area contributed by atoms with E-state index in [4.69, 9.17) is 15.2 Å². The van der Waals surface area contributed by atoms with Gasteiger partial charge in [-0.25, -0.2) is 0 Å². The molecule has 2 N–H and O–H groups in total. The van der Waals surface area contributed by atoms with Gasteiger partial charge in [0.2, 0.25) is 0 Å². The molecule has 0 radical (unpaired) electrons. The summed E-state index contributed by atoms with van der Waals surface area (Å²) in [5.74, 6) is 1.60. The van der Waals surface area contributed by atoms with Gasteiger partial charge in [-0.05, 0) is 35.4 Å². The van der Waals surface area contributed by atoms with Crippen LogP contribution in [0.2, 0.25) is 0 Å². The highest BCUT2D eigenvalue weighted by Crippen LogP contribution is 2.28. The fraction of sp³-hybridized carbons (Fsp3) is 0.333. The number of hydrogen-bond donors (Lipinski definition) is 1. The summed E-state index contributed by atoms with van der Waals surface area (Å²) in [7, 11) is 1.65. The molecular formula is C15H19NO2S. The maximum atomic E-state index is 5.95. The highest BCUT2D eigenvalue weighted by atomic mass is 32.1. The van der Waals surface area contributed by atoms with Crippen molar-refractivity contribution in [2.24, 2.45) is 5.73 Å². The molecule has 0 aliphatic carbocycles. The van der Waals surface area contributed by atoms with Crippen molar-refractivity contribution in [2.75, 3.05) is 13.7 Å². The molecule has 1 aromatic heterocycles. The van der Waals surface area contributed by atoms with E-state index in [0.717, 1.165) is 23.5 Å². The summed E-state index contributed by atoms with van der Waals surface area (Å²) < 4.78 is 11.1. The number of benzene rings is 1. The number of nitrogens with two attached hydrogens (primary N) is 1. The van der Waals surface area contributed by atoms with Crippen LogP contribution < -0.4 is 15.2 Å². The zero-order chi connectivity index (χ0) is 13.7. The Balaban J connectivity index is 2.04. The van der Waals surface area contributed by atoms with E-state index in [1.54, 1.807) is 18.4 Å². The summed E-state index contributed by atoms with van der Waals surface area (Å²) in [6.07, 6.45) is 0.902. The molecule has 0 aliphatic rings. The minimum Gasteiger partial charge on any atom is -0.497 e. The smallest absolute Gasteiger partial charge is 0.127 e. The zero-order valence-electron chi connectivity index (χ0n) is 11.3. The molecule has 0 aliphatic heterocycles. The van der Waals surface area contributed by atoms with Crippen molar-refractivity contribution in [3.05, 3.63) is 46.2 Å². The first-order valence-corrected chi connectivity index (χ1v) is 7.22. The summed E-state index contributed by atoms with van der Waals surface area (Å²) in [4.78, 5) is 0. The molecule has 0 spiro atoms. The Morgan fingerprint density at radius 3 is 2.79 bits per heavy atom. The van der Waals surface area contributed by atoms with Crippen LogP contribution in [0.4, 0.5) is 0 Å². The molecule has 3 nitrogen and oxygen atoms in total. The highest BCUT2D eigenvalue weighted by Gasteiger charge is 2.09. The molecule has 0 amide bonds. The van der Waals surface area contributed by atoms with Gasteiger partial charge in [0, 0.05) is 24.1 Å². The molecule has 0 saturated carbocycles. The fourth-order valence-electron chi connectivity index (χ4n) is 1.86. The molecule has 0 bridgehead atoms. The van der Waals surface area contributed by atoms with E-state index in [-0.39, 0.29) is 6.04 Å². The first-order chi connectivity index (χ1) is 9.20. The minimum absolute atomic E-state index is 0.0537. The molecule has 1 aromatic carbocycles. The average Bonchev–Trinajstić information content (AvgIpc) is 2.91. The lowest BCUT2D eigenvalue weighted by Crippen LogP contribution is -2.09. The van der Waals surface area contributed by atoms with Gasteiger partial charge < -0.3 is 15.2 Å². The summed E-state index contributed by atoms with van der Waals surface area (Å²) >= 11 is 1.70. The molecule has 4 heteroatoms. The summed E-state index contributed by atoms with van der Waals surface area (Å²) in [5, 5.41) is 4.22. The molecule has 2 aromatic rings. The van der Waals surface area contributed by atoms with E-state index in [1.807, 2.05) is 25.1 Å². The van der Waals surface area contributed by atoms with E-state index in [1.165, 1.54) is 5.56 Å². The van der Waals surface area contributed by atoms with Crippen LogP contribution >= 0.6 is 11.3 Å². The molecule has 0 fully saturated rings. The first-order valence-electron chi connectivity index (χ1n) is 6.28. The molecule has 2 rings (SSSR count). The van der Waals surface area contributed by atoms with Gasteiger partial charge in [0.25, 0.3) is 0 Å². The van der Waals surface area contributed by atoms with Gasteiger partial charge in [-0.2, -0.15) is 11.3 Å². The third kappa shape index (κ3) is 3.72. The SMILES string of the molecule is COc1ccc([C@@H](C)N)c(OCCc2ccsc2)c1. The highest BCUT2D eigenvalue weighted by molar-refractivity contribution is 7.07. The minimum atomic E-state index is -0.0537. The van der Waals surface area contributed by atoms with Crippen LogP contribution in [0.1, 0.15) is 24.1 Å². The standard InChI is InChI=1S/C15H19NO2S/c1-11(16)14-4-3-13(17-2)9-15(14)18-7-5-12-6-8-19-10-12/h3-4,6,8-11H,5,7,16H2,1-2H3/t11-/m1/s1. The third-order valence-corrected chi connectivity index (χ3v) is 3.67. The molecule has 19 heavy (non-hydrogen) atoms. The maximum Gasteiger partial charge on any atom is 0.127 e. The number of ether oxygens (including phenoxy) is 2. The monoisotopic (exact) mass is 277 g/mol. The maximum absolute atomic E-state index is 5.95. The van der Waals surface area contributed by atoms with Gasteiger partial charge in [-0.15, -0.1) is 0 Å². The summed E-state index contributed by atoms with van der Waals surface area (Å²) in [6.45, 7) is 2.59. The lowest BCUT2D eigenvalue weighted by molar-refractivity contribution is 0.314. The number of thiophene rings is 1. The van der Waals surface area contributed by atoms with Crippen molar-refractivity contribution < 1.29 is 9.47 Å². The van der Waals surface area contributed by atoms with Crippen LogP contribution in [0.25, 0.3) is 0 Å². The predicted molar refractivity (Wildman–Crippen MR) is 79.1 cm³/mol. The Labute approximate surface area is 118 Å². The molecule has 102 valence electrons. The Morgan fingerprint density at radius 1 is 1.32 bits per heavy atom. The van der Waals surface area contributed by atoms with Gasteiger partial charge in [0.1, 0.15) is 11.5 Å². The Hall–Kier alpha value is -1.52. The van der Waals surface area contributed by atoms with Crippen molar-refractivity contribution >= 4 is 11.3 Å². The fourth-order valence-corrected chi connectivity index (χ4v) is 2.56. The summed E-state index contributed by atoms with van der Waals surface area (Å²) in [5.41, 5.74) is 8.26. The van der Waals surface area contributed by atoms with Crippen molar-refractivity contribution in [1.29, 1.82) is 0 Å². The lowest BCUT2D eigenvalue weighted by Gasteiger charge is -2.15. The van der Waals surface area contributed by atoms with Gasteiger partial charge in [-0.1, -0.05) is 6.07 Å². The van der Waals surface area contributed by atoms with E-state index < -0.39 is 0 Å². The second-order valence-electron chi connectivity index (χ2n) is 4.42. The zero-order valence-corrected chi connectivity index (χ0v) is 12.1. The third-order valence-electron chi connectivity index (χ3n) is 2.94. The Morgan fingerprint density at radius 2 is 2.16 bits per heavy atom. The van der Waals surface area contributed by atoms with Gasteiger partial charge in [0.15, 0.2) is 0 Å². The van der Waals surface area contributed by atoms with Crippen molar-refractivity contribution in [3.63, 3.8) is 0 Å². The van der Waals surface area contributed by atoms with E-state index in [9.17, 15) is 0 Å². The largest absolute Gasteiger partial charge is 0.497 e. The molecule has 0 saturated heterocycles. The van der Waals surface area contributed by atoms with Crippen molar-refractivity contribution in [1.82, 2.24) is 0 Å². The second kappa shape index (κ2) is 6.59. The van der Waals surface area contributed by atoms with E-state index >= 15 is 0 Å². The van der Waals surface area contributed by atoms with Crippen LogP contribution in [-0.4, -0.2) is 13.7 Å². The normalized spacial score (nSPS) is 12.2. The summed E-state index contributed by atoms with van der Waals surface area (Å²) in [6, 6.07) is 7.83. The molecule has 0 unspecified atom stereocenters.